The summed E-state index contributed by atoms with van der Waals surface area (Å²) in [6.45, 7) is 0. The van der Waals surface area contributed by atoms with E-state index in [-0.39, 0.29) is 0 Å². The van der Waals surface area contributed by atoms with Crippen molar-refractivity contribution in [2.45, 2.75) is 0 Å². The van der Waals surface area contributed by atoms with Gasteiger partial charge in [-0.3, -0.25) is 0 Å². The number of nitrogens with two attached hydrogens (primary N) is 2. The maximum atomic E-state index is 11.3. The van der Waals surface area contributed by atoms with Crippen LogP contribution in [0.15, 0.2) is 52.7 Å². The van der Waals surface area contributed by atoms with Gasteiger partial charge in [0, 0.05) is 5.69 Å². The summed E-state index contributed by atoms with van der Waals surface area (Å²) in [5, 5.41) is 8.09. The molecule has 2 aromatic carbocycles. The Morgan fingerprint density at radius 1 is 1.05 bits per heavy atom. The Kier molecular flexibility index (Phi) is 3.95. The van der Waals surface area contributed by atoms with Crippen molar-refractivity contribution >= 4 is 28.7 Å². The molecule has 0 aliphatic carbocycles. The number of carbonyl (C=O) groups is 1. The number of nitrogen functional groups attached to an aromatic ring is 2. The number of ether oxygens (including phenoxy) is 1. The van der Waals surface area contributed by atoms with Gasteiger partial charge in [0.05, 0.1) is 24.0 Å². The predicted molar refractivity (Wildman–Crippen MR) is 77.2 cm³/mol. The fraction of sp³-hybridized carbons (Fsp3) is 0.0714. The molecule has 0 saturated heterocycles. The van der Waals surface area contributed by atoms with Crippen LogP contribution >= 0.6 is 0 Å². The van der Waals surface area contributed by atoms with Gasteiger partial charge in [-0.25, -0.2) is 4.79 Å². The van der Waals surface area contributed by atoms with Crippen LogP contribution in [0.1, 0.15) is 10.4 Å². The van der Waals surface area contributed by atoms with Crippen LogP contribution < -0.4 is 11.5 Å². The van der Waals surface area contributed by atoms with Gasteiger partial charge in [-0.2, -0.15) is 5.11 Å². The molecule has 0 fully saturated rings. The lowest BCUT2D eigenvalue weighted by molar-refractivity contribution is 0.0601. The van der Waals surface area contributed by atoms with Crippen molar-refractivity contribution in [2.75, 3.05) is 18.6 Å². The van der Waals surface area contributed by atoms with Gasteiger partial charge in [0.1, 0.15) is 5.69 Å². The first kappa shape index (κ1) is 13.5. The lowest BCUT2D eigenvalue weighted by Gasteiger charge is -2.01. The van der Waals surface area contributed by atoms with E-state index < -0.39 is 5.97 Å². The van der Waals surface area contributed by atoms with Gasteiger partial charge >= 0.3 is 5.97 Å². The average Bonchev–Trinajstić information content (AvgIpc) is 2.46. The lowest BCUT2D eigenvalue weighted by atomic mass is 10.2. The van der Waals surface area contributed by atoms with Gasteiger partial charge in [-0.1, -0.05) is 0 Å². The molecule has 0 amide bonds. The minimum absolute atomic E-state index is 0.392. The smallest absolute Gasteiger partial charge is 0.337 e. The third kappa shape index (κ3) is 3.11. The number of esters is 1. The van der Waals surface area contributed by atoms with Gasteiger partial charge in [0.25, 0.3) is 0 Å². The van der Waals surface area contributed by atoms with E-state index in [0.29, 0.717) is 28.3 Å². The third-order valence-corrected chi connectivity index (χ3v) is 2.61. The first-order valence-electron chi connectivity index (χ1n) is 5.85. The van der Waals surface area contributed by atoms with E-state index in [9.17, 15) is 4.79 Å². The Morgan fingerprint density at radius 3 is 2.35 bits per heavy atom. The zero-order chi connectivity index (χ0) is 14.5. The molecule has 6 heteroatoms. The molecule has 102 valence electrons. The number of hydrogen-bond donors (Lipinski definition) is 2. The summed E-state index contributed by atoms with van der Waals surface area (Å²) in [6.07, 6.45) is 0. The van der Waals surface area contributed by atoms with E-state index in [2.05, 4.69) is 15.0 Å². The zero-order valence-electron chi connectivity index (χ0n) is 10.9. The van der Waals surface area contributed by atoms with Crippen LogP contribution in [-0.2, 0) is 4.74 Å². The van der Waals surface area contributed by atoms with Crippen molar-refractivity contribution in [3.05, 3.63) is 48.0 Å². The van der Waals surface area contributed by atoms with Crippen LogP contribution in [0.4, 0.5) is 22.7 Å². The number of rotatable bonds is 3. The molecule has 4 N–H and O–H groups in total. The van der Waals surface area contributed by atoms with Crippen LogP contribution in [-0.4, -0.2) is 13.1 Å². The molecular weight excluding hydrogens is 256 g/mol. The van der Waals surface area contributed by atoms with E-state index in [4.69, 9.17) is 11.5 Å². The predicted octanol–water partition coefficient (Wildman–Crippen LogP) is 3.05. The minimum Gasteiger partial charge on any atom is -0.465 e. The molecule has 0 bridgehead atoms. The molecule has 6 nitrogen and oxygen atoms in total. The molecule has 0 aromatic heterocycles. The minimum atomic E-state index is -0.392. The first-order valence-corrected chi connectivity index (χ1v) is 5.85. The summed E-state index contributed by atoms with van der Waals surface area (Å²) in [5.74, 6) is -0.392. The van der Waals surface area contributed by atoms with Crippen LogP contribution in [0.25, 0.3) is 0 Å². The number of carbonyl (C=O) groups excluding carboxylic acids is 1. The highest BCUT2D eigenvalue weighted by Gasteiger charge is 2.04. The number of benzene rings is 2. The number of hydrogen-bond acceptors (Lipinski definition) is 6. The number of nitrogens with zero attached hydrogens (tertiary/aromatic N) is 2. The second-order valence-corrected chi connectivity index (χ2v) is 4.06. The maximum Gasteiger partial charge on any atom is 0.337 e. The van der Waals surface area contributed by atoms with E-state index in [1.54, 1.807) is 42.5 Å². The van der Waals surface area contributed by atoms with E-state index in [1.165, 1.54) is 7.11 Å². The highest BCUT2D eigenvalue weighted by atomic mass is 16.5. The molecule has 0 aliphatic rings. The first-order chi connectivity index (χ1) is 9.60. The Labute approximate surface area is 116 Å². The van der Waals surface area contributed by atoms with Gasteiger partial charge < -0.3 is 16.2 Å². The Bertz CT molecular complexity index is 651. The summed E-state index contributed by atoms with van der Waals surface area (Å²) in [7, 11) is 1.33. The Balaban J connectivity index is 2.17. The topological polar surface area (TPSA) is 103 Å². The van der Waals surface area contributed by atoms with Crippen molar-refractivity contribution in [3.63, 3.8) is 0 Å². The number of anilines is 2. The normalized spacial score (nSPS) is 10.7. The molecule has 2 rings (SSSR count). The lowest BCUT2D eigenvalue weighted by Crippen LogP contribution is -1.99. The van der Waals surface area contributed by atoms with Crippen LogP contribution in [0.2, 0.25) is 0 Å². The Morgan fingerprint density at radius 2 is 1.75 bits per heavy atom. The van der Waals surface area contributed by atoms with Gasteiger partial charge in [0.2, 0.25) is 0 Å². The fourth-order valence-electron chi connectivity index (χ4n) is 1.56. The number of methoxy groups -OCH3 is 1. The van der Waals surface area contributed by atoms with Crippen molar-refractivity contribution in [1.29, 1.82) is 0 Å². The molecular formula is C14H14N4O2. The average molecular weight is 270 g/mol. The van der Waals surface area contributed by atoms with Crippen LogP contribution in [0.3, 0.4) is 0 Å². The molecule has 0 heterocycles. The fourth-order valence-corrected chi connectivity index (χ4v) is 1.56. The quantitative estimate of drug-likeness (QED) is 0.508. The summed E-state index contributed by atoms with van der Waals surface area (Å²) in [4.78, 5) is 11.3. The molecule has 0 saturated carbocycles. The van der Waals surface area contributed by atoms with E-state index in [1.807, 2.05) is 0 Å². The highest BCUT2D eigenvalue weighted by Crippen LogP contribution is 2.26. The van der Waals surface area contributed by atoms with Gasteiger partial charge in [0.15, 0.2) is 0 Å². The van der Waals surface area contributed by atoms with Gasteiger partial charge in [-0.05, 0) is 42.5 Å². The van der Waals surface area contributed by atoms with Crippen molar-refractivity contribution in [2.24, 2.45) is 10.2 Å². The highest BCUT2D eigenvalue weighted by molar-refractivity contribution is 5.89. The summed E-state index contributed by atoms with van der Waals surface area (Å²) < 4.78 is 4.61. The van der Waals surface area contributed by atoms with E-state index in [0.717, 1.165) is 0 Å². The zero-order valence-corrected chi connectivity index (χ0v) is 10.9. The molecule has 0 atom stereocenters. The molecule has 0 radical (unpaired) electrons. The van der Waals surface area contributed by atoms with Crippen molar-refractivity contribution in [3.8, 4) is 0 Å². The molecule has 0 spiro atoms. The SMILES string of the molecule is COC(=O)c1ccc(N=Nc2ccc(N)cc2N)cc1. The molecule has 0 aliphatic heterocycles. The standard InChI is InChI=1S/C14H14N4O2/c1-20-14(19)9-2-5-11(6-3-9)17-18-13-7-4-10(15)8-12(13)16/h2-8H,15-16H2,1H3. The molecule has 2 aromatic rings. The largest absolute Gasteiger partial charge is 0.465 e. The summed E-state index contributed by atoms with van der Waals surface area (Å²) >= 11 is 0. The number of azo groups is 1. The Hall–Kier alpha value is -2.89. The van der Waals surface area contributed by atoms with Crippen LogP contribution in [0.5, 0.6) is 0 Å². The second-order valence-electron chi connectivity index (χ2n) is 4.06. The van der Waals surface area contributed by atoms with Gasteiger partial charge in [-0.15, -0.1) is 5.11 Å². The van der Waals surface area contributed by atoms with Crippen molar-refractivity contribution < 1.29 is 9.53 Å². The molecule has 0 unspecified atom stereocenters. The summed E-state index contributed by atoms with van der Waals surface area (Å²) in [6, 6.07) is 11.6. The summed E-state index contributed by atoms with van der Waals surface area (Å²) in [5.41, 5.74) is 14.0. The van der Waals surface area contributed by atoms with Crippen molar-refractivity contribution in [1.82, 2.24) is 0 Å². The monoisotopic (exact) mass is 270 g/mol. The third-order valence-electron chi connectivity index (χ3n) is 2.61. The molecule has 20 heavy (non-hydrogen) atoms. The second kappa shape index (κ2) is 5.83. The van der Waals surface area contributed by atoms with Crippen LogP contribution in [0, 0.1) is 0 Å². The van der Waals surface area contributed by atoms with E-state index >= 15 is 0 Å². The maximum absolute atomic E-state index is 11.3.